The molecule has 0 saturated heterocycles. The molecular weight excluding hydrogens is 250 g/mol. The second kappa shape index (κ2) is 8.39. The van der Waals surface area contributed by atoms with E-state index in [4.69, 9.17) is 5.11 Å². The summed E-state index contributed by atoms with van der Waals surface area (Å²) < 4.78 is 0. The molecule has 1 amide bonds. The van der Waals surface area contributed by atoms with Gasteiger partial charge in [0.05, 0.1) is 6.61 Å². The van der Waals surface area contributed by atoms with E-state index in [9.17, 15) is 4.79 Å². The lowest BCUT2D eigenvalue weighted by Crippen LogP contribution is -2.30. The van der Waals surface area contributed by atoms with Crippen LogP contribution in [-0.2, 0) is 0 Å². The number of rotatable bonds is 5. The van der Waals surface area contributed by atoms with E-state index in [2.05, 4.69) is 37.9 Å². The van der Waals surface area contributed by atoms with Crippen molar-refractivity contribution < 1.29 is 9.90 Å². The summed E-state index contributed by atoms with van der Waals surface area (Å²) in [4.78, 5) is 12.0. The third kappa shape index (κ3) is 5.46. The zero-order chi connectivity index (χ0) is 15.0. The number of carbonyl (C=O) groups excluding carboxylic acids is 1. The van der Waals surface area contributed by atoms with Crippen molar-refractivity contribution in [3.05, 3.63) is 35.4 Å². The Morgan fingerprint density at radius 1 is 1.25 bits per heavy atom. The van der Waals surface area contributed by atoms with Crippen molar-refractivity contribution in [2.75, 3.05) is 13.2 Å². The summed E-state index contributed by atoms with van der Waals surface area (Å²) in [6.45, 7) is 7.19. The molecule has 0 fully saturated rings. The van der Waals surface area contributed by atoms with Crippen molar-refractivity contribution in [1.82, 2.24) is 5.32 Å². The molecule has 1 rings (SSSR count). The molecule has 2 N–H and O–H groups in total. The Bertz CT molecular complexity index is 480. The largest absolute Gasteiger partial charge is 0.395 e. The van der Waals surface area contributed by atoms with Crippen molar-refractivity contribution in [3.63, 3.8) is 0 Å². The lowest BCUT2D eigenvalue weighted by Gasteiger charge is -2.16. The van der Waals surface area contributed by atoms with Gasteiger partial charge in [-0.15, -0.1) is 0 Å². The van der Waals surface area contributed by atoms with Crippen LogP contribution in [0.3, 0.4) is 0 Å². The molecule has 0 aliphatic carbocycles. The molecule has 20 heavy (non-hydrogen) atoms. The number of hydrogen-bond acceptors (Lipinski definition) is 2. The van der Waals surface area contributed by atoms with Crippen LogP contribution in [0.25, 0.3) is 0 Å². The van der Waals surface area contributed by atoms with Gasteiger partial charge in [0.2, 0.25) is 0 Å². The van der Waals surface area contributed by atoms with Crippen LogP contribution < -0.4 is 5.32 Å². The van der Waals surface area contributed by atoms with Crippen molar-refractivity contribution in [2.45, 2.75) is 27.2 Å². The first kappa shape index (κ1) is 16.3. The summed E-state index contributed by atoms with van der Waals surface area (Å²) in [7, 11) is 0. The van der Waals surface area contributed by atoms with Gasteiger partial charge in [0.1, 0.15) is 0 Å². The molecule has 1 atom stereocenters. The quantitative estimate of drug-likeness (QED) is 0.810. The minimum atomic E-state index is -0.0487. The summed E-state index contributed by atoms with van der Waals surface area (Å²) >= 11 is 0. The zero-order valence-electron chi connectivity index (χ0n) is 12.4. The summed E-state index contributed by atoms with van der Waals surface area (Å²) in [5.41, 5.74) is 1.50. The Balaban J connectivity index is 2.56. The molecular formula is C17H23NO2. The number of amides is 1. The van der Waals surface area contributed by atoms with Gasteiger partial charge in [0.25, 0.3) is 5.91 Å². The maximum absolute atomic E-state index is 12.0. The number of carbonyl (C=O) groups is 1. The third-order valence-corrected chi connectivity index (χ3v) is 3.34. The number of nitrogens with one attached hydrogen (secondary N) is 1. The fraction of sp³-hybridized carbons (Fsp3) is 0.471. The Morgan fingerprint density at radius 3 is 2.45 bits per heavy atom. The Labute approximate surface area is 121 Å². The zero-order valence-corrected chi connectivity index (χ0v) is 12.4. The fourth-order valence-corrected chi connectivity index (χ4v) is 1.52. The summed E-state index contributed by atoms with van der Waals surface area (Å²) in [6, 6.07) is 7.20. The second-order valence-electron chi connectivity index (χ2n) is 5.28. The molecule has 0 aromatic heterocycles. The van der Waals surface area contributed by atoms with E-state index in [-0.39, 0.29) is 12.5 Å². The van der Waals surface area contributed by atoms with Crippen LogP contribution in [0, 0.1) is 23.7 Å². The van der Waals surface area contributed by atoms with Crippen molar-refractivity contribution in [2.24, 2.45) is 11.8 Å². The lowest BCUT2D eigenvalue weighted by molar-refractivity contribution is 0.0945. The van der Waals surface area contributed by atoms with E-state index < -0.39 is 0 Å². The standard InChI is InChI=1S/C17H23NO2/c1-13(2)14(3)12-18-17(20)16-9-7-15(8-10-16)6-4-5-11-19/h7-10,13-14,19H,5,11-12H2,1-3H3,(H,18,20). The molecule has 1 unspecified atom stereocenters. The molecule has 0 bridgehead atoms. The van der Waals surface area contributed by atoms with Crippen LogP contribution in [0.15, 0.2) is 24.3 Å². The van der Waals surface area contributed by atoms with Gasteiger partial charge in [-0.1, -0.05) is 32.6 Å². The SMILES string of the molecule is CC(C)C(C)CNC(=O)c1ccc(C#CCCO)cc1. The van der Waals surface area contributed by atoms with E-state index >= 15 is 0 Å². The highest BCUT2D eigenvalue weighted by molar-refractivity contribution is 5.94. The number of hydrogen-bond donors (Lipinski definition) is 2. The minimum Gasteiger partial charge on any atom is -0.395 e. The van der Waals surface area contributed by atoms with Crippen molar-refractivity contribution in [1.29, 1.82) is 0 Å². The summed E-state index contributed by atoms with van der Waals surface area (Å²) in [5, 5.41) is 11.6. The van der Waals surface area contributed by atoms with E-state index in [1.807, 2.05) is 12.1 Å². The molecule has 0 saturated carbocycles. The highest BCUT2D eigenvalue weighted by Crippen LogP contribution is 2.08. The van der Waals surface area contributed by atoms with Gasteiger partial charge in [-0.25, -0.2) is 0 Å². The van der Waals surface area contributed by atoms with Crippen LogP contribution in [-0.4, -0.2) is 24.2 Å². The predicted molar refractivity (Wildman–Crippen MR) is 81.4 cm³/mol. The first-order valence-electron chi connectivity index (χ1n) is 7.02. The van der Waals surface area contributed by atoms with Crippen LogP contribution in [0.1, 0.15) is 43.1 Å². The Morgan fingerprint density at radius 2 is 1.90 bits per heavy atom. The van der Waals surface area contributed by atoms with Crippen LogP contribution >= 0.6 is 0 Å². The van der Waals surface area contributed by atoms with Gasteiger partial charge < -0.3 is 10.4 Å². The number of aliphatic hydroxyl groups excluding tert-OH is 1. The number of benzene rings is 1. The van der Waals surface area contributed by atoms with Crippen molar-refractivity contribution in [3.8, 4) is 11.8 Å². The average Bonchev–Trinajstić information content (AvgIpc) is 2.45. The van der Waals surface area contributed by atoms with E-state index in [1.165, 1.54) is 0 Å². The summed E-state index contributed by atoms with van der Waals surface area (Å²) in [5.74, 6) is 6.75. The van der Waals surface area contributed by atoms with Gasteiger partial charge in [-0.3, -0.25) is 4.79 Å². The van der Waals surface area contributed by atoms with E-state index in [0.29, 0.717) is 30.4 Å². The van der Waals surface area contributed by atoms with Gasteiger partial charge in [0, 0.05) is 24.1 Å². The highest BCUT2D eigenvalue weighted by atomic mass is 16.2. The predicted octanol–water partition coefficient (Wildman–Crippen LogP) is 2.44. The third-order valence-electron chi connectivity index (χ3n) is 3.34. The first-order valence-corrected chi connectivity index (χ1v) is 7.02. The van der Waals surface area contributed by atoms with Crippen molar-refractivity contribution >= 4 is 5.91 Å². The molecule has 108 valence electrons. The van der Waals surface area contributed by atoms with Gasteiger partial charge in [-0.2, -0.15) is 0 Å². The average molecular weight is 273 g/mol. The molecule has 0 spiro atoms. The molecule has 3 nitrogen and oxygen atoms in total. The van der Waals surface area contributed by atoms with Crippen LogP contribution in [0.5, 0.6) is 0 Å². The Hall–Kier alpha value is -1.79. The Kier molecular flexibility index (Phi) is 6.83. The molecule has 0 radical (unpaired) electrons. The number of aliphatic hydroxyl groups is 1. The van der Waals surface area contributed by atoms with Gasteiger partial charge in [-0.05, 0) is 36.1 Å². The normalized spacial score (nSPS) is 11.7. The molecule has 0 aliphatic rings. The van der Waals surface area contributed by atoms with Crippen LogP contribution in [0.2, 0.25) is 0 Å². The summed E-state index contributed by atoms with van der Waals surface area (Å²) in [6.07, 6.45) is 0.468. The second-order valence-corrected chi connectivity index (χ2v) is 5.28. The molecule has 0 aliphatic heterocycles. The molecule has 0 heterocycles. The lowest BCUT2D eigenvalue weighted by atomic mass is 9.98. The molecule has 3 heteroatoms. The maximum atomic E-state index is 12.0. The fourth-order valence-electron chi connectivity index (χ4n) is 1.52. The smallest absolute Gasteiger partial charge is 0.251 e. The first-order chi connectivity index (χ1) is 9.54. The maximum Gasteiger partial charge on any atom is 0.251 e. The topological polar surface area (TPSA) is 49.3 Å². The van der Waals surface area contributed by atoms with Gasteiger partial charge >= 0.3 is 0 Å². The monoisotopic (exact) mass is 273 g/mol. The molecule has 1 aromatic carbocycles. The molecule has 1 aromatic rings. The minimum absolute atomic E-state index is 0.0487. The van der Waals surface area contributed by atoms with E-state index in [1.54, 1.807) is 12.1 Å². The van der Waals surface area contributed by atoms with E-state index in [0.717, 1.165) is 5.56 Å². The van der Waals surface area contributed by atoms with Gasteiger partial charge in [0.15, 0.2) is 0 Å². The highest BCUT2D eigenvalue weighted by Gasteiger charge is 2.10. The van der Waals surface area contributed by atoms with Crippen LogP contribution in [0.4, 0.5) is 0 Å².